The van der Waals surface area contributed by atoms with Crippen LogP contribution in [0.15, 0.2) is 90.3 Å². The molecule has 0 radical (unpaired) electrons. The molecule has 2 fully saturated rings. The number of rotatable bonds is 11. The summed E-state index contributed by atoms with van der Waals surface area (Å²) in [5, 5.41) is 33.7. The summed E-state index contributed by atoms with van der Waals surface area (Å²) in [6.07, 6.45) is 6.54. The van der Waals surface area contributed by atoms with Crippen LogP contribution in [0, 0.1) is 5.41 Å². The molecule has 2 saturated heterocycles. The van der Waals surface area contributed by atoms with E-state index >= 15 is 0 Å². The number of hydrazone groups is 1. The number of aliphatic hydroxyl groups is 1. The van der Waals surface area contributed by atoms with Crippen molar-refractivity contribution in [2.24, 2.45) is 5.10 Å². The van der Waals surface area contributed by atoms with Crippen LogP contribution in [-0.4, -0.2) is 95.3 Å². The van der Waals surface area contributed by atoms with Gasteiger partial charge in [0.15, 0.2) is 0 Å². The summed E-state index contributed by atoms with van der Waals surface area (Å²) in [5.74, 6) is -1.07. The number of hydrogen-bond donors (Lipinski definition) is 3. The number of allylic oxidation sites excluding steroid dienone is 1. The molecule has 3 aliphatic heterocycles. The van der Waals surface area contributed by atoms with Gasteiger partial charge in [0.2, 0.25) is 11.4 Å². The summed E-state index contributed by atoms with van der Waals surface area (Å²) in [7, 11) is 0. The van der Waals surface area contributed by atoms with Crippen LogP contribution in [0.2, 0.25) is 10.0 Å². The summed E-state index contributed by atoms with van der Waals surface area (Å²) in [4.78, 5) is 4.79. The molecular weight excluding hydrogens is 689 g/mol. The van der Waals surface area contributed by atoms with Crippen LogP contribution in [0.4, 0.5) is 17.1 Å². The summed E-state index contributed by atoms with van der Waals surface area (Å²) < 4.78 is 16.2. The van der Waals surface area contributed by atoms with Crippen LogP contribution in [-0.2, 0) is 15.3 Å². The molecule has 3 aromatic carbocycles. The Balaban J connectivity index is 0.922. The van der Waals surface area contributed by atoms with Crippen molar-refractivity contribution in [3.8, 4) is 5.69 Å². The van der Waals surface area contributed by atoms with Crippen molar-refractivity contribution in [3.63, 3.8) is 0 Å². The highest BCUT2D eigenvalue weighted by Gasteiger charge is 2.46. The maximum absolute atomic E-state index is 9.93. The Labute approximate surface area is 307 Å². The summed E-state index contributed by atoms with van der Waals surface area (Å²) in [6.45, 7) is 9.19. The van der Waals surface area contributed by atoms with Crippen LogP contribution >= 0.6 is 23.2 Å². The zero-order valence-corrected chi connectivity index (χ0v) is 30.2. The van der Waals surface area contributed by atoms with Crippen LogP contribution in [0.25, 0.3) is 5.69 Å². The maximum Gasteiger partial charge on any atom is 0.225 e. The Kier molecular flexibility index (Phi) is 10.4. The fourth-order valence-corrected chi connectivity index (χ4v) is 7.18. The zero-order valence-electron chi connectivity index (χ0n) is 28.7. The highest BCUT2D eigenvalue weighted by molar-refractivity contribution is 6.35. The Hall–Kier alpha value is -4.33. The summed E-state index contributed by atoms with van der Waals surface area (Å²) >= 11 is 12.9. The molecule has 1 aromatic heterocycles. The Bertz CT molecular complexity index is 1920. The topological polar surface area (TPSA) is 119 Å². The van der Waals surface area contributed by atoms with E-state index in [0.717, 1.165) is 48.8 Å². The van der Waals surface area contributed by atoms with Gasteiger partial charge < -0.3 is 29.7 Å². The van der Waals surface area contributed by atoms with E-state index in [1.54, 1.807) is 36.2 Å². The fourth-order valence-electron chi connectivity index (χ4n) is 6.63. The molecule has 4 atom stereocenters. The molecule has 12 nitrogen and oxygen atoms in total. The third-order valence-corrected chi connectivity index (χ3v) is 10.3. The highest BCUT2D eigenvalue weighted by Crippen LogP contribution is 2.40. The van der Waals surface area contributed by atoms with Gasteiger partial charge in [-0.05, 0) is 80.6 Å². The first-order valence-corrected chi connectivity index (χ1v) is 18.0. The lowest BCUT2D eigenvalue weighted by molar-refractivity contribution is -0.187. The van der Waals surface area contributed by atoms with Gasteiger partial charge in [-0.25, -0.2) is 4.68 Å². The van der Waals surface area contributed by atoms with Gasteiger partial charge in [0.25, 0.3) is 0 Å². The molecular formula is C37H43Cl2N9O3. The van der Waals surface area contributed by atoms with Crippen molar-refractivity contribution in [1.29, 1.82) is 5.41 Å². The van der Waals surface area contributed by atoms with Gasteiger partial charge >= 0.3 is 0 Å². The van der Waals surface area contributed by atoms with Crippen LogP contribution in [0.3, 0.4) is 0 Å². The third kappa shape index (κ3) is 7.65. The van der Waals surface area contributed by atoms with E-state index in [0.29, 0.717) is 36.3 Å². The Morgan fingerprint density at radius 3 is 2.25 bits per heavy atom. The molecule has 0 spiro atoms. The van der Waals surface area contributed by atoms with Crippen LogP contribution < -0.4 is 20.7 Å². The molecule has 4 heterocycles. The normalized spacial score (nSPS) is 21.7. The summed E-state index contributed by atoms with van der Waals surface area (Å²) in [5.41, 5.74) is 5.17. The number of nitrogens with zero attached hydrogens (tertiary/aromatic N) is 7. The van der Waals surface area contributed by atoms with Crippen molar-refractivity contribution in [2.75, 3.05) is 67.5 Å². The molecule has 7 rings (SSSR count). The molecule has 14 heteroatoms. The number of halogens is 2. The largest absolute Gasteiger partial charge is 0.391 e. The van der Waals surface area contributed by atoms with Gasteiger partial charge in [-0.3, -0.25) is 15.0 Å². The van der Waals surface area contributed by atoms with E-state index in [9.17, 15) is 5.11 Å². The monoisotopic (exact) mass is 731 g/mol. The quantitative estimate of drug-likeness (QED) is 0.191. The minimum absolute atomic E-state index is 0.202. The molecule has 0 saturated carbocycles. The fraction of sp³-hybridized carbons (Fsp3) is 0.378. The van der Waals surface area contributed by atoms with Gasteiger partial charge in [-0.15, -0.1) is 0 Å². The average molecular weight is 733 g/mol. The van der Waals surface area contributed by atoms with Crippen molar-refractivity contribution >= 4 is 46.5 Å². The van der Waals surface area contributed by atoms with E-state index in [4.69, 9.17) is 38.1 Å². The second kappa shape index (κ2) is 15.1. The van der Waals surface area contributed by atoms with Crippen molar-refractivity contribution in [2.45, 2.75) is 37.9 Å². The number of anilines is 3. The Morgan fingerprint density at radius 1 is 0.961 bits per heavy atom. The van der Waals surface area contributed by atoms with E-state index in [1.807, 2.05) is 42.3 Å². The molecule has 4 aromatic rings. The number of nitrogens with one attached hydrogen (secondary N) is 2. The van der Waals surface area contributed by atoms with Crippen molar-refractivity contribution in [1.82, 2.24) is 19.4 Å². The summed E-state index contributed by atoms with van der Waals surface area (Å²) in [6, 6.07) is 21.9. The SMILES string of the molecule is CC(O)C(C)n1ncn(-c2ccc(N3CCN(c4ccc(NCC5COC(CN6CC=CC=N6)(c6ccc(Cl)cc6Cl)O5)cc4)CC3)cc2)c1=N. The molecule has 4 unspecified atom stereocenters. The van der Waals surface area contributed by atoms with Crippen LogP contribution in [0.1, 0.15) is 25.5 Å². The second-order valence-corrected chi connectivity index (χ2v) is 14.0. The van der Waals surface area contributed by atoms with Crippen LogP contribution in [0.5, 0.6) is 0 Å². The molecule has 3 aliphatic rings. The maximum atomic E-state index is 9.93. The predicted molar refractivity (Wildman–Crippen MR) is 201 cm³/mol. The van der Waals surface area contributed by atoms with E-state index in [-0.39, 0.29) is 17.8 Å². The van der Waals surface area contributed by atoms with E-state index in [1.165, 1.54) is 10.4 Å². The number of aliphatic hydroxyl groups excluding tert-OH is 1. The lowest BCUT2D eigenvalue weighted by atomic mass is 10.1. The first-order chi connectivity index (χ1) is 24.7. The standard InChI is InChI=1S/C37H43Cl2N9O3/c1-26(27(2)49)48-36(40)47(25-43-48)32-12-10-31(11-13-32)45-19-17-44(18-20-45)30-8-6-29(7-9-30)41-22-33-23-50-37(51-33,24-46-16-4-3-15-42-46)34-14-5-28(38)21-35(34)39/h3-15,21,25-27,33,40-41,49H,16-20,22-24H2,1-2H3. The second-order valence-electron chi connectivity index (χ2n) is 13.1. The first-order valence-electron chi connectivity index (χ1n) is 17.2. The molecule has 0 aliphatic carbocycles. The first kappa shape index (κ1) is 35.1. The van der Waals surface area contributed by atoms with E-state index < -0.39 is 11.9 Å². The lowest BCUT2D eigenvalue weighted by Crippen LogP contribution is -2.46. The van der Waals surface area contributed by atoms with Gasteiger partial charge in [0.1, 0.15) is 12.4 Å². The minimum Gasteiger partial charge on any atom is -0.391 e. The average Bonchev–Trinajstić information content (AvgIpc) is 3.74. The number of benzene rings is 3. The van der Waals surface area contributed by atoms with Gasteiger partial charge in [-0.1, -0.05) is 35.3 Å². The Morgan fingerprint density at radius 2 is 1.63 bits per heavy atom. The number of hydrogen-bond acceptors (Lipinski definition) is 10. The van der Waals surface area contributed by atoms with Crippen molar-refractivity contribution < 1.29 is 14.6 Å². The smallest absolute Gasteiger partial charge is 0.225 e. The van der Waals surface area contributed by atoms with E-state index in [2.05, 4.69) is 61.7 Å². The minimum atomic E-state index is -1.07. The molecule has 268 valence electrons. The number of piperazine rings is 1. The number of aromatic nitrogens is 3. The van der Waals surface area contributed by atoms with Crippen molar-refractivity contribution in [3.05, 3.63) is 106 Å². The van der Waals surface area contributed by atoms with Gasteiger partial charge in [-0.2, -0.15) is 10.2 Å². The molecule has 0 amide bonds. The molecule has 51 heavy (non-hydrogen) atoms. The predicted octanol–water partition coefficient (Wildman–Crippen LogP) is 5.27. The molecule has 0 bridgehead atoms. The highest BCUT2D eigenvalue weighted by atomic mass is 35.5. The van der Waals surface area contributed by atoms with Gasteiger partial charge in [0.05, 0.1) is 42.6 Å². The third-order valence-electron chi connectivity index (χ3n) is 9.72. The number of ether oxygens (including phenoxy) is 2. The molecule has 3 N–H and O–H groups in total. The lowest BCUT2D eigenvalue weighted by Gasteiger charge is -2.37. The van der Waals surface area contributed by atoms with Gasteiger partial charge in [0, 0.05) is 66.6 Å². The zero-order chi connectivity index (χ0) is 35.5.